The molecular formula is C19H24N2O3. The van der Waals surface area contributed by atoms with Crippen LogP contribution in [0.3, 0.4) is 0 Å². The van der Waals surface area contributed by atoms with E-state index in [1.54, 1.807) is 0 Å². The standard InChI is InChI=1S/C19H24N2O3/c22-18-12-24-17-10-14(7-8-16(17)20-18)19(23)21-9-3-6-13-4-1-2-5-15(13)11-21/h1-2,4-5,14,16-17H,3,6-12H2,(H,20,22)/t14-,16-,17-/m0/s1. The third-order valence-electron chi connectivity index (χ3n) is 5.58. The zero-order valence-electron chi connectivity index (χ0n) is 13.9. The van der Waals surface area contributed by atoms with Crippen molar-refractivity contribution < 1.29 is 14.3 Å². The highest BCUT2D eigenvalue weighted by atomic mass is 16.5. The minimum atomic E-state index is -0.0369. The highest BCUT2D eigenvalue weighted by Crippen LogP contribution is 2.31. The van der Waals surface area contributed by atoms with E-state index in [4.69, 9.17) is 4.74 Å². The van der Waals surface area contributed by atoms with E-state index >= 15 is 0 Å². The third-order valence-corrected chi connectivity index (χ3v) is 5.58. The Morgan fingerprint density at radius 3 is 2.92 bits per heavy atom. The lowest BCUT2D eigenvalue weighted by Gasteiger charge is -2.40. The van der Waals surface area contributed by atoms with Crippen LogP contribution in [-0.4, -0.2) is 42.0 Å². The number of carbonyl (C=O) groups is 2. The lowest BCUT2D eigenvalue weighted by atomic mass is 9.82. The fourth-order valence-electron chi connectivity index (χ4n) is 4.28. The Morgan fingerprint density at radius 1 is 1.21 bits per heavy atom. The van der Waals surface area contributed by atoms with E-state index in [1.165, 1.54) is 11.1 Å². The summed E-state index contributed by atoms with van der Waals surface area (Å²) in [5, 5.41) is 2.99. The Labute approximate surface area is 142 Å². The van der Waals surface area contributed by atoms with Gasteiger partial charge < -0.3 is 15.0 Å². The number of hydrogen-bond acceptors (Lipinski definition) is 3. The highest BCUT2D eigenvalue weighted by Gasteiger charge is 2.39. The number of rotatable bonds is 1. The molecule has 24 heavy (non-hydrogen) atoms. The zero-order valence-corrected chi connectivity index (χ0v) is 13.9. The van der Waals surface area contributed by atoms with Crippen LogP contribution in [0.2, 0.25) is 0 Å². The largest absolute Gasteiger partial charge is 0.366 e. The highest BCUT2D eigenvalue weighted by molar-refractivity contribution is 5.80. The molecule has 1 saturated carbocycles. The normalized spacial score (nSPS) is 29.9. The molecule has 1 aromatic carbocycles. The van der Waals surface area contributed by atoms with Crippen LogP contribution in [-0.2, 0) is 27.3 Å². The van der Waals surface area contributed by atoms with Crippen molar-refractivity contribution in [2.75, 3.05) is 13.2 Å². The summed E-state index contributed by atoms with van der Waals surface area (Å²) in [7, 11) is 0. The topological polar surface area (TPSA) is 58.6 Å². The first-order valence-electron chi connectivity index (χ1n) is 8.97. The van der Waals surface area contributed by atoms with Crippen molar-refractivity contribution in [3.63, 3.8) is 0 Å². The Hall–Kier alpha value is -1.88. The van der Waals surface area contributed by atoms with Gasteiger partial charge in [0.25, 0.3) is 0 Å². The van der Waals surface area contributed by atoms with Crippen molar-refractivity contribution in [2.24, 2.45) is 5.92 Å². The van der Waals surface area contributed by atoms with Gasteiger partial charge in [-0.15, -0.1) is 0 Å². The molecular weight excluding hydrogens is 304 g/mol. The third kappa shape index (κ3) is 3.05. The number of hydrogen-bond donors (Lipinski definition) is 1. The number of nitrogens with one attached hydrogen (secondary N) is 1. The van der Waals surface area contributed by atoms with Gasteiger partial charge in [0.05, 0.1) is 12.1 Å². The molecule has 128 valence electrons. The Bertz CT molecular complexity index is 645. The Morgan fingerprint density at radius 2 is 2.04 bits per heavy atom. The van der Waals surface area contributed by atoms with Gasteiger partial charge >= 0.3 is 0 Å². The number of fused-ring (bicyclic) bond motifs is 2. The molecule has 2 fully saturated rings. The number of benzene rings is 1. The van der Waals surface area contributed by atoms with Crippen LogP contribution in [0.15, 0.2) is 24.3 Å². The summed E-state index contributed by atoms with van der Waals surface area (Å²) >= 11 is 0. The van der Waals surface area contributed by atoms with Crippen LogP contribution in [0.1, 0.15) is 36.8 Å². The van der Waals surface area contributed by atoms with E-state index in [1.807, 2.05) is 4.90 Å². The number of ether oxygens (including phenoxy) is 1. The minimum Gasteiger partial charge on any atom is -0.366 e. The molecule has 2 heterocycles. The Balaban J connectivity index is 1.43. The van der Waals surface area contributed by atoms with Gasteiger partial charge in [0.1, 0.15) is 6.61 Å². The van der Waals surface area contributed by atoms with Gasteiger partial charge in [-0.3, -0.25) is 9.59 Å². The van der Waals surface area contributed by atoms with Gasteiger partial charge in [-0.05, 0) is 43.2 Å². The molecule has 1 aromatic rings. The van der Waals surface area contributed by atoms with Gasteiger partial charge in [-0.1, -0.05) is 24.3 Å². The summed E-state index contributed by atoms with van der Waals surface area (Å²) in [6.07, 6.45) is 4.45. The van der Waals surface area contributed by atoms with E-state index in [-0.39, 0.29) is 36.5 Å². The van der Waals surface area contributed by atoms with E-state index < -0.39 is 0 Å². The lowest BCUT2D eigenvalue weighted by molar-refractivity contribution is -0.146. The maximum atomic E-state index is 13.0. The summed E-state index contributed by atoms with van der Waals surface area (Å²) in [4.78, 5) is 26.5. The summed E-state index contributed by atoms with van der Waals surface area (Å²) in [6, 6.07) is 8.52. The second-order valence-corrected chi connectivity index (χ2v) is 7.17. The van der Waals surface area contributed by atoms with Crippen molar-refractivity contribution in [2.45, 2.75) is 50.8 Å². The summed E-state index contributed by atoms with van der Waals surface area (Å²) in [6.45, 7) is 1.67. The SMILES string of the molecule is O=C1CO[C@H]2C[C@@H](C(=O)N3CCCc4ccccc4C3)CC[C@@H]2N1. The summed E-state index contributed by atoms with van der Waals surface area (Å²) in [5.74, 6) is 0.238. The molecule has 4 rings (SSSR count). The molecule has 0 spiro atoms. The maximum Gasteiger partial charge on any atom is 0.246 e. The number of amides is 2. The predicted octanol–water partition coefficient (Wildman–Crippen LogP) is 1.65. The number of nitrogens with zero attached hydrogens (tertiary/aromatic N) is 1. The maximum absolute atomic E-state index is 13.0. The zero-order chi connectivity index (χ0) is 16.5. The molecule has 0 radical (unpaired) electrons. The van der Waals surface area contributed by atoms with Gasteiger partial charge in [-0.2, -0.15) is 0 Å². The molecule has 0 unspecified atom stereocenters. The van der Waals surface area contributed by atoms with Crippen molar-refractivity contribution in [3.05, 3.63) is 35.4 Å². The van der Waals surface area contributed by atoms with Crippen LogP contribution in [0, 0.1) is 5.92 Å². The van der Waals surface area contributed by atoms with Crippen LogP contribution in [0.25, 0.3) is 0 Å². The van der Waals surface area contributed by atoms with E-state index in [2.05, 4.69) is 29.6 Å². The second-order valence-electron chi connectivity index (χ2n) is 7.17. The van der Waals surface area contributed by atoms with Gasteiger partial charge in [0.15, 0.2) is 0 Å². The smallest absolute Gasteiger partial charge is 0.246 e. The molecule has 1 aliphatic carbocycles. The van der Waals surface area contributed by atoms with Crippen molar-refractivity contribution in [1.82, 2.24) is 10.2 Å². The van der Waals surface area contributed by atoms with E-state index in [0.29, 0.717) is 0 Å². The molecule has 1 N–H and O–H groups in total. The van der Waals surface area contributed by atoms with Gasteiger partial charge in [0.2, 0.25) is 11.8 Å². The average Bonchev–Trinajstić information content (AvgIpc) is 2.83. The van der Waals surface area contributed by atoms with Crippen LogP contribution in [0.4, 0.5) is 0 Å². The average molecular weight is 328 g/mol. The number of morpholine rings is 1. The van der Waals surface area contributed by atoms with Gasteiger partial charge in [0, 0.05) is 19.0 Å². The second kappa shape index (κ2) is 6.55. The van der Waals surface area contributed by atoms with Crippen LogP contribution >= 0.6 is 0 Å². The molecule has 2 aliphatic heterocycles. The predicted molar refractivity (Wildman–Crippen MR) is 89.2 cm³/mol. The fourth-order valence-corrected chi connectivity index (χ4v) is 4.28. The summed E-state index contributed by atoms with van der Waals surface area (Å²) in [5.41, 5.74) is 2.65. The number of carbonyl (C=O) groups excluding carboxylic acids is 2. The number of aryl methyl sites for hydroxylation is 1. The quantitative estimate of drug-likeness (QED) is 0.853. The fraction of sp³-hybridized carbons (Fsp3) is 0.579. The van der Waals surface area contributed by atoms with E-state index in [0.717, 1.165) is 45.2 Å². The van der Waals surface area contributed by atoms with Crippen molar-refractivity contribution in [1.29, 1.82) is 0 Å². The summed E-state index contributed by atoms with van der Waals surface area (Å²) < 4.78 is 5.66. The lowest BCUT2D eigenvalue weighted by Crippen LogP contribution is -2.55. The van der Waals surface area contributed by atoms with E-state index in [9.17, 15) is 9.59 Å². The van der Waals surface area contributed by atoms with Crippen LogP contribution in [0.5, 0.6) is 0 Å². The van der Waals surface area contributed by atoms with Crippen molar-refractivity contribution in [3.8, 4) is 0 Å². The first kappa shape index (κ1) is 15.6. The Kier molecular flexibility index (Phi) is 4.27. The van der Waals surface area contributed by atoms with Gasteiger partial charge in [-0.25, -0.2) is 0 Å². The first-order chi connectivity index (χ1) is 11.7. The van der Waals surface area contributed by atoms with Crippen molar-refractivity contribution >= 4 is 11.8 Å². The molecule has 5 heteroatoms. The molecule has 0 aromatic heterocycles. The molecule has 3 atom stereocenters. The molecule has 2 amide bonds. The molecule has 5 nitrogen and oxygen atoms in total. The molecule has 1 saturated heterocycles. The van der Waals surface area contributed by atoms with Crippen LogP contribution < -0.4 is 5.32 Å². The minimum absolute atomic E-state index is 0.00957. The monoisotopic (exact) mass is 328 g/mol. The molecule has 3 aliphatic rings. The molecule has 0 bridgehead atoms. The first-order valence-corrected chi connectivity index (χ1v) is 8.97.